The molecule has 31 heavy (non-hydrogen) atoms. The molecule has 0 unspecified atom stereocenters. The van der Waals surface area contributed by atoms with Crippen molar-refractivity contribution in [3.63, 3.8) is 0 Å². The van der Waals surface area contributed by atoms with E-state index in [9.17, 15) is 9.59 Å². The molecule has 0 spiro atoms. The van der Waals surface area contributed by atoms with Gasteiger partial charge in [0.1, 0.15) is 11.5 Å². The number of aryl methyl sites for hydroxylation is 1. The van der Waals surface area contributed by atoms with E-state index in [1.165, 1.54) is 0 Å². The summed E-state index contributed by atoms with van der Waals surface area (Å²) in [5.74, 6) is 1.61. The van der Waals surface area contributed by atoms with E-state index < -0.39 is 0 Å². The zero-order chi connectivity index (χ0) is 21.4. The van der Waals surface area contributed by atoms with E-state index >= 15 is 0 Å². The van der Waals surface area contributed by atoms with Crippen molar-refractivity contribution in [1.29, 1.82) is 0 Å². The third-order valence-electron chi connectivity index (χ3n) is 5.06. The molecule has 0 bridgehead atoms. The normalized spacial score (nSPS) is 15.0. The van der Waals surface area contributed by atoms with Gasteiger partial charge in [-0.3, -0.25) is 9.59 Å². The summed E-state index contributed by atoms with van der Waals surface area (Å²) in [5.41, 5.74) is 2.77. The summed E-state index contributed by atoms with van der Waals surface area (Å²) < 4.78 is 22.0. The van der Waals surface area contributed by atoms with Crippen molar-refractivity contribution in [1.82, 2.24) is 0 Å². The molecule has 0 aliphatic carbocycles. The molecule has 3 aromatic rings. The molecular formula is C25H18O6. The van der Waals surface area contributed by atoms with Gasteiger partial charge in [-0.25, -0.2) is 0 Å². The molecule has 2 aliphatic heterocycles. The van der Waals surface area contributed by atoms with Crippen molar-refractivity contribution < 1.29 is 28.5 Å². The zero-order valence-corrected chi connectivity index (χ0v) is 16.7. The topological polar surface area (TPSA) is 71.1 Å². The van der Waals surface area contributed by atoms with Gasteiger partial charge in [-0.05, 0) is 47.9 Å². The fourth-order valence-electron chi connectivity index (χ4n) is 3.62. The number of carbonyl (C=O) groups is 2. The van der Waals surface area contributed by atoms with Gasteiger partial charge < -0.3 is 18.9 Å². The average molecular weight is 414 g/mol. The molecule has 0 saturated carbocycles. The van der Waals surface area contributed by atoms with Crippen molar-refractivity contribution in [2.45, 2.75) is 13.3 Å². The maximum absolute atomic E-state index is 12.9. The fourth-order valence-corrected chi connectivity index (χ4v) is 3.62. The number of rotatable bonds is 4. The summed E-state index contributed by atoms with van der Waals surface area (Å²) in [6.07, 6.45) is 1.82. The Morgan fingerprint density at radius 1 is 1.00 bits per heavy atom. The second kappa shape index (κ2) is 7.65. The molecule has 0 saturated heterocycles. The monoisotopic (exact) mass is 414 g/mol. The van der Waals surface area contributed by atoms with Crippen LogP contribution in [0, 0.1) is 6.92 Å². The Balaban J connectivity index is 1.36. The molecule has 0 fully saturated rings. The SMILES string of the molecule is Cc1cc(OC(=O)Cc2ccccc2)cc2c1C(=O)/C(=C/c1ccc3c(c1)OCO3)O2. The van der Waals surface area contributed by atoms with E-state index in [1.54, 1.807) is 37.3 Å². The standard InChI is InChI=1S/C25H18O6/c1-15-9-18(30-23(26)12-16-5-3-2-4-6-16)13-21-24(15)25(27)22(31-21)11-17-7-8-19-20(10-17)29-14-28-19/h2-11,13H,12,14H2,1H3/b22-11-. The van der Waals surface area contributed by atoms with Gasteiger partial charge in [-0.15, -0.1) is 0 Å². The van der Waals surface area contributed by atoms with Crippen LogP contribution in [0.25, 0.3) is 6.08 Å². The Morgan fingerprint density at radius 2 is 1.81 bits per heavy atom. The molecule has 6 heteroatoms. The van der Waals surface area contributed by atoms with Crippen molar-refractivity contribution in [2.24, 2.45) is 0 Å². The van der Waals surface area contributed by atoms with Crippen molar-refractivity contribution >= 4 is 17.8 Å². The van der Waals surface area contributed by atoms with E-state index in [0.29, 0.717) is 34.1 Å². The highest BCUT2D eigenvalue weighted by molar-refractivity contribution is 6.15. The summed E-state index contributed by atoms with van der Waals surface area (Å²) >= 11 is 0. The van der Waals surface area contributed by atoms with Crippen molar-refractivity contribution in [3.05, 3.63) is 88.7 Å². The van der Waals surface area contributed by atoms with Gasteiger partial charge in [0.15, 0.2) is 17.3 Å². The minimum absolute atomic E-state index is 0.159. The van der Waals surface area contributed by atoms with Crippen LogP contribution in [0.2, 0.25) is 0 Å². The number of fused-ring (bicyclic) bond motifs is 2. The maximum atomic E-state index is 12.9. The van der Waals surface area contributed by atoms with E-state index in [0.717, 1.165) is 11.1 Å². The van der Waals surface area contributed by atoms with E-state index in [4.69, 9.17) is 18.9 Å². The van der Waals surface area contributed by atoms with Crippen molar-refractivity contribution in [2.75, 3.05) is 6.79 Å². The third kappa shape index (κ3) is 3.75. The number of esters is 1. The smallest absolute Gasteiger partial charge is 0.315 e. The third-order valence-corrected chi connectivity index (χ3v) is 5.06. The van der Waals surface area contributed by atoms with Gasteiger partial charge in [-0.2, -0.15) is 0 Å². The van der Waals surface area contributed by atoms with Gasteiger partial charge in [0.25, 0.3) is 0 Å². The largest absolute Gasteiger partial charge is 0.454 e. The Labute approximate surface area is 178 Å². The summed E-state index contributed by atoms with van der Waals surface area (Å²) in [4.78, 5) is 25.2. The Hall–Kier alpha value is -4.06. The quantitative estimate of drug-likeness (QED) is 0.356. The number of hydrogen-bond donors (Lipinski definition) is 0. The predicted molar refractivity (Wildman–Crippen MR) is 112 cm³/mol. The number of ketones is 1. The Kier molecular flexibility index (Phi) is 4.67. The molecular weight excluding hydrogens is 396 g/mol. The van der Waals surface area contributed by atoms with E-state index in [2.05, 4.69) is 0 Å². The van der Waals surface area contributed by atoms with E-state index in [1.807, 2.05) is 36.4 Å². The minimum Gasteiger partial charge on any atom is -0.454 e. The van der Waals surface area contributed by atoms with Crippen LogP contribution in [0.5, 0.6) is 23.0 Å². The van der Waals surface area contributed by atoms with Gasteiger partial charge in [0, 0.05) is 6.07 Å². The molecule has 6 nitrogen and oxygen atoms in total. The van der Waals surface area contributed by atoms with E-state index in [-0.39, 0.29) is 30.7 Å². The van der Waals surface area contributed by atoms with Gasteiger partial charge >= 0.3 is 5.97 Å². The number of hydrogen-bond acceptors (Lipinski definition) is 6. The number of allylic oxidation sites excluding steroid dienone is 1. The van der Waals surface area contributed by atoms with Crippen LogP contribution in [0.4, 0.5) is 0 Å². The van der Waals surface area contributed by atoms with Gasteiger partial charge in [0.2, 0.25) is 12.6 Å². The summed E-state index contributed by atoms with van der Waals surface area (Å²) in [5, 5.41) is 0. The predicted octanol–water partition coefficient (Wildman–Crippen LogP) is 4.49. The first kappa shape index (κ1) is 18.9. The van der Waals surface area contributed by atoms with Crippen molar-refractivity contribution in [3.8, 4) is 23.0 Å². The molecule has 154 valence electrons. The fraction of sp³-hybridized carbons (Fsp3) is 0.120. The summed E-state index contributed by atoms with van der Waals surface area (Å²) in [6.45, 7) is 1.97. The van der Waals surface area contributed by atoms with Crippen LogP contribution in [0.1, 0.15) is 27.0 Å². The van der Waals surface area contributed by atoms with Gasteiger partial charge in [-0.1, -0.05) is 36.4 Å². The first-order valence-electron chi connectivity index (χ1n) is 9.80. The average Bonchev–Trinajstić information content (AvgIpc) is 3.33. The first-order valence-corrected chi connectivity index (χ1v) is 9.80. The van der Waals surface area contributed by atoms with Crippen LogP contribution in [-0.2, 0) is 11.2 Å². The summed E-state index contributed by atoms with van der Waals surface area (Å²) in [6, 6.07) is 18.0. The molecule has 0 atom stereocenters. The highest BCUT2D eigenvalue weighted by Crippen LogP contribution is 2.38. The second-order valence-corrected chi connectivity index (χ2v) is 7.30. The lowest BCUT2D eigenvalue weighted by molar-refractivity contribution is -0.133. The maximum Gasteiger partial charge on any atom is 0.315 e. The Bertz CT molecular complexity index is 1230. The number of benzene rings is 3. The van der Waals surface area contributed by atoms with Crippen LogP contribution in [0.15, 0.2) is 66.4 Å². The van der Waals surface area contributed by atoms with Crippen LogP contribution in [-0.4, -0.2) is 18.5 Å². The number of carbonyl (C=O) groups excluding carboxylic acids is 2. The lowest BCUT2D eigenvalue weighted by Gasteiger charge is -2.08. The lowest BCUT2D eigenvalue weighted by Crippen LogP contribution is -2.11. The van der Waals surface area contributed by atoms with Crippen LogP contribution >= 0.6 is 0 Å². The summed E-state index contributed by atoms with van der Waals surface area (Å²) in [7, 11) is 0. The van der Waals surface area contributed by atoms with Gasteiger partial charge in [0.05, 0.1) is 12.0 Å². The molecule has 0 amide bonds. The second-order valence-electron chi connectivity index (χ2n) is 7.30. The molecule has 2 heterocycles. The zero-order valence-electron chi connectivity index (χ0n) is 16.7. The lowest BCUT2D eigenvalue weighted by atomic mass is 10.0. The molecule has 5 rings (SSSR count). The number of Topliss-reactive ketones (excluding diaryl/α,β-unsaturated/α-hetero) is 1. The Morgan fingerprint density at radius 3 is 2.65 bits per heavy atom. The minimum atomic E-state index is -0.383. The molecule has 0 radical (unpaired) electrons. The highest BCUT2D eigenvalue weighted by atomic mass is 16.7. The first-order chi connectivity index (χ1) is 15.1. The molecule has 0 N–H and O–H groups in total. The number of ether oxygens (including phenoxy) is 4. The molecule has 0 aromatic heterocycles. The van der Waals surface area contributed by atoms with Crippen LogP contribution in [0.3, 0.4) is 0 Å². The van der Waals surface area contributed by atoms with Crippen LogP contribution < -0.4 is 18.9 Å². The molecule has 3 aromatic carbocycles. The molecule has 2 aliphatic rings. The highest BCUT2D eigenvalue weighted by Gasteiger charge is 2.30.